The zero-order chi connectivity index (χ0) is 14.5. The van der Waals surface area contributed by atoms with Crippen molar-refractivity contribution in [2.75, 3.05) is 0 Å². The van der Waals surface area contributed by atoms with Gasteiger partial charge >= 0.3 is 0 Å². The fourth-order valence-corrected chi connectivity index (χ4v) is 2.44. The number of nitrogens with zero attached hydrogens (tertiary/aromatic N) is 1. The van der Waals surface area contributed by atoms with Gasteiger partial charge in [0.1, 0.15) is 0 Å². The van der Waals surface area contributed by atoms with E-state index in [1.165, 1.54) is 11.1 Å². The summed E-state index contributed by atoms with van der Waals surface area (Å²) in [6.07, 6.45) is 4.46. The molecule has 1 aromatic heterocycles. The lowest BCUT2D eigenvalue weighted by Crippen LogP contribution is -2.13. The standard InChI is InChI=1S/C19H18N2/c20-19(13-15-5-4-12-21-14-15)18-10-8-17(9-11-18)16-6-2-1-3-7-16/h1-12,14,19H,13,20H2. The van der Waals surface area contributed by atoms with Crippen molar-refractivity contribution in [1.82, 2.24) is 4.98 Å². The fourth-order valence-electron chi connectivity index (χ4n) is 2.44. The van der Waals surface area contributed by atoms with Gasteiger partial charge in [0.2, 0.25) is 0 Å². The molecule has 21 heavy (non-hydrogen) atoms. The third-order valence-electron chi connectivity index (χ3n) is 3.62. The molecule has 2 heteroatoms. The molecule has 2 aromatic carbocycles. The van der Waals surface area contributed by atoms with Crippen LogP contribution in [0, 0.1) is 0 Å². The van der Waals surface area contributed by atoms with Crippen molar-refractivity contribution in [3.63, 3.8) is 0 Å². The summed E-state index contributed by atoms with van der Waals surface area (Å²) < 4.78 is 0. The fraction of sp³-hybridized carbons (Fsp3) is 0.105. The zero-order valence-electron chi connectivity index (χ0n) is 11.8. The largest absolute Gasteiger partial charge is 0.324 e. The third kappa shape index (κ3) is 3.36. The molecule has 1 heterocycles. The van der Waals surface area contributed by atoms with Gasteiger partial charge in [0.15, 0.2) is 0 Å². The minimum atomic E-state index is -0.000904. The average molecular weight is 274 g/mol. The maximum atomic E-state index is 6.29. The smallest absolute Gasteiger partial charge is 0.0336 e. The summed E-state index contributed by atoms with van der Waals surface area (Å²) in [6.45, 7) is 0. The summed E-state index contributed by atoms with van der Waals surface area (Å²) in [6, 6.07) is 22.9. The molecule has 0 bridgehead atoms. The van der Waals surface area contributed by atoms with Gasteiger partial charge in [-0.2, -0.15) is 0 Å². The Balaban J connectivity index is 1.75. The van der Waals surface area contributed by atoms with Crippen molar-refractivity contribution in [3.8, 4) is 11.1 Å². The van der Waals surface area contributed by atoms with Crippen molar-refractivity contribution >= 4 is 0 Å². The van der Waals surface area contributed by atoms with Gasteiger partial charge in [0.05, 0.1) is 0 Å². The Labute approximate surface area is 125 Å². The molecule has 0 aliphatic rings. The normalized spacial score (nSPS) is 12.0. The highest BCUT2D eigenvalue weighted by molar-refractivity contribution is 5.63. The summed E-state index contributed by atoms with van der Waals surface area (Å²) in [4.78, 5) is 4.13. The molecule has 0 saturated heterocycles. The van der Waals surface area contributed by atoms with Gasteiger partial charge in [-0.05, 0) is 34.7 Å². The summed E-state index contributed by atoms with van der Waals surface area (Å²) in [5.41, 5.74) is 11.0. The van der Waals surface area contributed by atoms with Crippen LogP contribution in [0.2, 0.25) is 0 Å². The molecule has 0 aliphatic carbocycles. The van der Waals surface area contributed by atoms with Crippen LogP contribution in [0.5, 0.6) is 0 Å². The Morgan fingerprint density at radius 2 is 1.52 bits per heavy atom. The predicted octanol–water partition coefficient (Wildman–Crippen LogP) is 3.99. The highest BCUT2D eigenvalue weighted by Gasteiger charge is 2.07. The van der Waals surface area contributed by atoms with E-state index in [-0.39, 0.29) is 6.04 Å². The Kier molecular flexibility index (Phi) is 4.08. The van der Waals surface area contributed by atoms with Gasteiger partial charge in [-0.25, -0.2) is 0 Å². The zero-order valence-corrected chi connectivity index (χ0v) is 11.8. The summed E-state index contributed by atoms with van der Waals surface area (Å²) in [5, 5.41) is 0. The van der Waals surface area contributed by atoms with E-state index in [1.807, 2.05) is 18.3 Å². The molecule has 0 spiro atoms. The van der Waals surface area contributed by atoms with Crippen LogP contribution < -0.4 is 5.73 Å². The van der Waals surface area contributed by atoms with Gasteiger partial charge in [-0.1, -0.05) is 60.7 Å². The molecule has 0 radical (unpaired) electrons. The average Bonchev–Trinajstić information content (AvgIpc) is 2.57. The van der Waals surface area contributed by atoms with Crippen LogP contribution in [-0.4, -0.2) is 4.98 Å². The van der Waals surface area contributed by atoms with Crippen molar-refractivity contribution in [2.24, 2.45) is 5.73 Å². The van der Waals surface area contributed by atoms with Crippen LogP contribution in [0.15, 0.2) is 79.1 Å². The van der Waals surface area contributed by atoms with Crippen molar-refractivity contribution in [3.05, 3.63) is 90.3 Å². The number of benzene rings is 2. The third-order valence-corrected chi connectivity index (χ3v) is 3.62. The van der Waals surface area contributed by atoms with Crippen molar-refractivity contribution < 1.29 is 0 Å². The molecular formula is C19H18N2. The Morgan fingerprint density at radius 1 is 0.810 bits per heavy atom. The van der Waals surface area contributed by atoms with Crippen LogP contribution in [0.25, 0.3) is 11.1 Å². The second-order valence-electron chi connectivity index (χ2n) is 5.16. The Bertz CT molecular complexity index is 676. The topological polar surface area (TPSA) is 38.9 Å². The molecule has 3 rings (SSSR count). The van der Waals surface area contributed by atoms with Crippen LogP contribution in [0.1, 0.15) is 17.2 Å². The van der Waals surface area contributed by atoms with Crippen LogP contribution in [0.3, 0.4) is 0 Å². The molecule has 2 nitrogen and oxygen atoms in total. The maximum absolute atomic E-state index is 6.29. The number of pyridine rings is 1. The second-order valence-corrected chi connectivity index (χ2v) is 5.16. The van der Waals surface area contributed by atoms with Crippen LogP contribution in [-0.2, 0) is 6.42 Å². The lowest BCUT2D eigenvalue weighted by molar-refractivity contribution is 0.720. The molecule has 0 aliphatic heterocycles. The quantitative estimate of drug-likeness (QED) is 0.781. The highest BCUT2D eigenvalue weighted by atomic mass is 14.6. The molecule has 1 atom stereocenters. The Morgan fingerprint density at radius 3 is 2.19 bits per heavy atom. The van der Waals surface area contributed by atoms with E-state index in [1.54, 1.807) is 6.20 Å². The molecule has 2 N–H and O–H groups in total. The minimum Gasteiger partial charge on any atom is -0.324 e. The molecule has 0 saturated carbocycles. The van der Waals surface area contributed by atoms with Gasteiger partial charge in [-0.15, -0.1) is 0 Å². The maximum Gasteiger partial charge on any atom is 0.0336 e. The lowest BCUT2D eigenvalue weighted by Gasteiger charge is -2.12. The first-order chi connectivity index (χ1) is 10.3. The first-order valence-corrected chi connectivity index (χ1v) is 7.13. The van der Waals surface area contributed by atoms with E-state index in [4.69, 9.17) is 5.73 Å². The minimum absolute atomic E-state index is 0.000904. The van der Waals surface area contributed by atoms with E-state index >= 15 is 0 Å². The van der Waals surface area contributed by atoms with Crippen LogP contribution in [0.4, 0.5) is 0 Å². The van der Waals surface area contributed by atoms with E-state index in [0.29, 0.717) is 0 Å². The van der Waals surface area contributed by atoms with Crippen LogP contribution >= 0.6 is 0 Å². The van der Waals surface area contributed by atoms with Gasteiger partial charge in [0, 0.05) is 18.4 Å². The first-order valence-electron chi connectivity index (χ1n) is 7.13. The van der Waals surface area contributed by atoms with Crippen molar-refractivity contribution in [2.45, 2.75) is 12.5 Å². The summed E-state index contributed by atoms with van der Waals surface area (Å²) in [7, 11) is 0. The van der Waals surface area contributed by atoms with E-state index in [9.17, 15) is 0 Å². The molecule has 0 fully saturated rings. The SMILES string of the molecule is NC(Cc1cccnc1)c1ccc(-c2ccccc2)cc1. The predicted molar refractivity (Wildman–Crippen MR) is 86.7 cm³/mol. The monoisotopic (exact) mass is 274 g/mol. The summed E-state index contributed by atoms with van der Waals surface area (Å²) >= 11 is 0. The van der Waals surface area contributed by atoms with Crippen molar-refractivity contribution in [1.29, 1.82) is 0 Å². The van der Waals surface area contributed by atoms with Gasteiger partial charge in [0.25, 0.3) is 0 Å². The number of aromatic nitrogens is 1. The van der Waals surface area contributed by atoms with Gasteiger partial charge in [-0.3, -0.25) is 4.98 Å². The first kappa shape index (κ1) is 13.5. The van der Waals surface area contributed by atoms with Gasteiger partial charge < -0.3 is 5.73 Å². The van der Waals surface area contributed by atoms with E-state index in [0.717, 1.165) is 17.5 Å². The molecule has 104 valence electrons. The van der Waals surface area contributed by atoms with E-state index in [2.05, 4.69) is 59.6 Å². The molecule has 3 aromatic rings. The second kappa shape index (κ2) is 6.33. The number of hydrogen-bond acceptors (Lipinski definition) is 2. The number of rotatable bonds is 4. The number of hydrogen-bond donors (Lipinski definition) is 1. The lowest BCUT2D eigenvalue weighted by atomic mass is 9.98. The highest BCUT2D eigenvalue weighted by Crippen LogP contribution is 2.22. The Hall–Kier alpha value is -2.45. The molecule has 0 amide bonds. The summed E-state index contributed by atoms with van der Waals surface area (Å²) in [5.74, 6) is 0. The van der Waals surface area contributed by atoms with E-state index < -0.39 is 0 Å². The molecule has 1 unspecified atom stereocenters. The molecular weight excluding hydrogens is 256 g/mol. The number of nitrogens with two attached hydrogens (primary N) is 1.